The summed E-state index contributed by atoms with van der Waals surface area (Å²) in [7, 11) is -3.55. The Bertz CT molecular complexity index is 569. The lowest BCUT2D eigenvalue weighted by molar-refractivity contribution is -0.137. The largest absolute Gasteiger partial charge is 0.416 e. The van der Waals surface area contributed by atoms with Gasteiger partial charge in [-0.25, -0.2) is 8.42 Å². The van der Waals surface area contributed by atoms with Crippen molar-refractivity contribution in [2.45, 2.75) is 18.3 Å². The van der Waals surface area contributed by atoms with Gasteiger partial charge in [0.25, 0.3) is 0 Å². The Labute approximate surface area is 115 Å². The van der Waals surface area contributed by atoms with Crippen molar-refractivity contribution in [2.24, 2.45) is 0 Å². The van der Waals surface area contributed by atoms with E-state index in [-0.39, 0.29) is 12.2 Å². The van der Waals surface area contributed by atoms with Gasteiger partial charge in [0.05, 0.1) is 16.5 Å². The predicted molar refractivity (Wildman–Crippen MR) is 70.0 cm³/mol. The number of alkyl halides is 3. The highest BCUT2D eigenvalue weighted by atomic mass is 32.2. The Morgan fingerprint density at radius 3 is 2.40 bits per heavy atom. The number of sulfonamides is 1. The second kappa shape index (κ2) is 5.25. The van der Waals surface area contributed by atoms with Gasteiger partial charge >= 0.3 is 6.18 Å². The average Bonchev–Trinajstić information content (AvgIpc) is 2.49. The summed E-state index contributed by atoms with van der Waals surface area (Å²) < 4.78 is 63.2. The molecule has 1 unspecified atom stereocenters. The molecule has 0 saturated carbocycles. The highest BCUT2D eigenvalue weighted by Gasteiger charge is 2.33. The van der Waals surface area contributed by atoms with Crippen molar-refractivity contribution in [1.82, 2.24) is 5.32 Å². The van der Waals surface area contributed by atoms with Crippen molar-refractivity contribution in [1.29, 1.82) is 0 Å². The number of nitrogens with zero attached hydrogens (tertiary/aromatic N) is 1. The van der Waals surface area contributed by atoms with Crippen molar-refractivity contribution in [2.75, 3.05) is 23.9 Å². The van der Waals surface area contributed by atoms with Crippen molar-refractivity contribution < 1.29 is 21.6 Å². The molecule has 112 valence electrons. The Morgan fingerprint density at radius 2 is 1.85 bits per heavy atom. The lowest BCUT2D eigenvalue weighted by Crippen LogP contribution is -2.37. The first-order valence-corrected chi connectivity index (χ1v) is 7.63. The third-order valence-electron chi connectivity index (χ3n) is 3.22. The fourth-order valence-corrected chi connectivity index (χ4v) is 3.55. The minimum atomic E-state index is -4.43. The first-order valence-electron chi connectivity index (χ1n) is 6.12. The normalized spacial score (nSPS) is 23.4. The Hall–Kier alpha value is -1.28. The molecular weight excluding hydrogens is 293 g/mol. The van der Waals surface area contributed by atoms with Crippen LogP contribution in [0.15, 0.2) is 24.3 Å². The maximum Gasteiger partial charge on any atom is 0.416 e. The van der Waals surface area contributed by atoms with Crippen molar-refractivity contribution >= 4 is 15.7 Å². The van der Waals surface area contributed by atoms with Crippen LogP contribution in [0.2, 0.25) is 0 Å². The summed E-state index contributed by atoms with van der Waals surface area (Å²) in [6.07, 6.45) is -4.43. The molecule has 0 amide bonds. The highest BCUT2D eigenvalue weighted by molar-refractivity contribution is 7.93. The zero-order chi connectivity index (χ0) is 15.0. The molecule has 1 aliphatic heterocycles. The summed E-state index contributed by atoms with van der Waals surface area (Å²) in [6, 6.07) is 4.18. The van der Waals surface area contributed by atoms with Gasteiger partial charge in [-0.2, -0.15) is 13.2 Å². The molecule has 1 heterocycles. The van der Waals surface area contributed by atoms with Crippen molar-refractivity contribution in [3.05, 3.63) is 29.8 Å². The molecule has 0 bridgehead atoms. The van der Waals surface area contributed by atoms with Crippen LogP contribution in [0.25, 0.3) is 0 Å². The molecule has 1 saturated heterocycles. The monoisotopic (exact) mass is 308 g/mol. The van der Waals surface area contributed by atoms with E-state index in [1.54, 1.807) is 6.92 Å². The zero-order valence-corrected chi connectivity index (χ0v) is 11.6. The van der Waals surface area contributed by atoms with Gasteiger partial charge in [0.1, 0.15) is 0 Å². The molecule has 2 rings (SSSR count). The van der Waals surface area contributed by atoms with Crippen molar-refractivity contribution in [3.63, 3.8) is 0 Å². The van der Waals surface area contributed by atoms with E-state index in [2.05, 4.69) is 5.32 Å². The van der Waals surface area contributed by atoms with E-state index >= 15 is 0 Å². The van der Waals surface area contributed by atoms with Crippen molar-refractivity contribution in [3.8, 4) is 0 Å². The lowest BCUT2D eigenvalue weighted by atomic mass is 10.2. The van der Waals surface area contributed by atoms with Crippen LogP contribution < -0.4 is 9.62 Å². The molecule has 1 atom stereocenters. The van der Waals surface area contributed by atoms with Gasteiger partial charge in [-0.15, -0.1) is 0 Å². The number of benzene rings is 1. The summed E-state index contributed by atoms with van der Waals surface area (Å²) in [5, 5.41) is 2.37. The van der Waals surface area contributed by atoms with E-state index in [0.29, 0.717) is 13.1 Å². The first kappa shape index (κ1) is 15.1. The van der Waals surface area contributed by atoms with Crippen LogP contribution in [0, 0.1) is 0 Å². The standard InChI is InChI=1S/C12H15F3N2O2S/c1-9-8-16-6-7-17(20(9,18)19)11-4-2-10(3-5-11)12(13,14)15/h2-5,9,16H,6-8H2,1H3. The fraction of sp³-hybridized carbons (Fsp3) is 0.500. The van der Waals surface area contributed by atoms with Crippen LogP contribution in [0.4, 0.5) is 18.9 Å². The average molecular weight is 308 g/mol. The molecule has 1 aliphatic rings. The minimum absolute atomic E-state index is 0.206. The van der Waals surface area contributed by atoms with Gasteiger partial charge in [-0.3, -0.25) is 4.31 Å². The van der Waals surface area contributed by atoms with E-state index in [4.69, 9.17) is 0 Å². The number of anilines is 1. The number of hydrogen-bond acceptors (Lipinski definition) is 3. The Balaban J connectivity index is 2.35. The molecule has 0 radical (unpaired) electrons. The number of halogens is 3. The van der Waals surface area contributed by atoms with Crippen LogP contribution in [0.1, 0.15) is 12.5 Å². The molecule has 4 nitrogen and oxygen atoms in total. The quantitative estimate of drug-likeness (QED) is 0.861. The van der Waals surface area contributed by atoms with E-state index < -0.39 is 27.0 Å². The van der Waals surface area contributed by atoms with Crippen LogP contribution in [0.5, 0.6) is 0 Å². The van der Waals surface area contributed by atoms with Crippen LogP contribution in [-0.4, -0.2) is 33.3 Å². The first-order chi connectivity index (χ1) is 9.23. The van der Waals surface area contributed by atoms with Crippen LogP contribution >= 0.6 is 0 Å². The molecule has 20 heavy (non-hydrogen) atoms. The zero-order valence-electron chi connectivity index (χ0n) is 10.8. The SMILES string of the molecule is CC1CNCCN(c2ccc(C(F)(F)F)cc2)S1(=O)=O. The third-order valence-corrected chi connectivity index (χ3v) is 5.41. The molecule has 1 aromatic rings. The smallest absolute Gasteiger partial charge is 0.314 e. The van der Waals surface area contributed by atoms with Gasteiger partial charge in [0.2, 0.25) is 10.0 Å². The maximum atomic E-state index is 12.5. The summed E-state index contributed by atoms with van der Waals surface area (Å²) in [5.41, 5.74) is -0.534. The van der Waals surface area contributed by atoms with E-state index in [9.17, 15) is 21.6 Å². The number of rotatable bonds is 1. The summed E-state index contributed by atoms with van der Waals surface area (Å²) >= 11 is 0. The lowest BCUT2D eigenvalue weighted by Gasteiger charge is -2.24. The van der Waals surface area contributed by atoms with Gasteiger partial charge in [0, 0.05) is 19.6 Å². The Kier molecular flexibility index (Phi) is 3.97. The van der Waals surface area contributed by atoms with Crippen LogP contribution in [-0.2, 0) is 16.2 Å². The molecule has 1 aromatic carbocycles. The third kappa shape index (κ3) is 2.90. The minimum Gasteiger partial charge on any atom is -0.314 e. The van der Waals surface area contributed by atoms with Crippen LogP contribution in [0.3, 0.4) is 0 Å². The molecule has 8 heteroatoms. The summed E-state index contributed by atoms with van der Waals surface area (Å²) in [4.78, 5) is 0. The molecule has 0 aliphatic carbocycles. The highest BCUT2D eigenvalue weighted by Crippen LogP contribution is 2.31. The maximum absolute atomic E-state index is 12.5. The number of hydrogen-bond donors (Lipinski definition) is 1. The number of nitrogens with one attached hydrogen (secondary N) is 1. The van der Waals surface area contributed by atoms with Gasteiger partial charge in [0.15, 0.2) is 0 Å². The predicted octanol–water partition coefficient (Wildman–Crippen LogP) is 1.83. The molecular formula is C12H15F3N2O2S. The van der Waals surface area contributed by atoms with Gasteiger partial charge in [-0.05, 0) is 31.2 Å². The second-order valence-electron chi connectivity index (χ2n) is 4.68. The summed E-state index contributed by atoms with van der Waals surface area (Å²) in [5.74, 6) is 0. The van der Waals surface area contributed by atoms with Gasteiger partial charge in [-0.1, -0.05) is 0 Å². The van der Waals surface area contributed by atoms with E-state index in [1.807, 2.05) is 0 Å². The Morgan fingerprint density at radius 1 is 1.25 bits per heavy atom. The van der Waals surface area contributed by atoms with E-state index in [0.717, 1.165) is 16.4 Å². The second-order valence-corrected chi connectivity index (χ2v) is 6.95. The summed E-state index contributed by atoms with van der Waals surface area (Å²) in [6.45, 7) is 2.58. The van der Waals surface area contributed by atoms with E-state index in [1.165, 1.54) is 12.1 Å². The topological polar surface area (TPSA) is 49.4 Å². The molecule has 0 spiro atoms. The van der Waals surface area contributed by atoms with Gasteiger partial charge < -0.3 is 5.32 Å². The fourth-order valence-electron chi connectivity index (χ4n) is 2.03. The molecule has 0 aromatic heterocycles. The molecule has 1 fully saturated rings. The molecule has 1 N–H and O–H groups in total.